The van der Waals surface area contributed by atoms with Crippen LogP contribution in [0.3, 0.4) is 0 Å². The van der Waals surface area contributed by atoms with Crippen molar-refractivity contribution in [3.63, 3.8) is 0 Å². The molecule has 0 unspecified atom stereocenters. The highest BCUT2D eigenvalue weighted by atomic mass is 32.1. The Bertz CT molecular complexity index is 115. The van der Waals surface area contributed by atoms with Crippen LogP contribution >= 0.6 is 12.6 Å². The van der Waals surface area contributed by atoms with E-state index in [1.165, 1.54) is 0 Å². The zero-order valence-corrected chi connectivity index (χ0v) is 10.6. The van der Waals surface area contributed by atoms with Gasteiger partial charge < -0.3 is 24.7 Å². The number of rotatable bonds is 13. The minimum atomic E-state index is 0.551. The lowest BCUT2D eigenvalue weighted by Crippen LogP contribution is -2.14. The summed E-state index contributed by atoms with van der Waals surface area (Å²) in [7, 11) is 0. The number of ether oxygens (including phenoxy) is 4. The van der Waals surface area contributed by atoms with Crippen LogP contribution in [0.5, 0.6) is 0 Å². The van der Waals surface area contributed by atoms with Gasteiger partial charge >= 0.3 is 0 Å². The van der Waals surface area contributed by atoms with Crippen molar-refractivity contribution in [3.8, 4) is 0 Å². The van der Waals surface area contributed by atoms with Crippen molar-refractivity contribution >= 4 is 12.6 Å². The Morgan fingerprint density at radius 3 is 1.38 bits per heavy atom. The van der Waals surface area contributed by atoms with Crippen molar-refractivity contribution in [3.05, 3.63) is 0 Å². The molecule has 2 N–H and O–H groups in total. The van der Waals surface area contributed by atoms with E-state index in [2.05, 4.69) is 12.6 Å². The third kappa shape index (κ3) is 14.1. The molecule has 0 saturated carbocycles. The largest absolute Gasteiger partial charge is 0.378 e. The fraction of sp³-hybridized carbons (Fsp3) is 1.00. The SMILES string of the molecule is NCCOCCOCCOCCOCCS. The molecule has 0 aliphatic heterocycles. The molecule has 0 amide bonds. The maximum atomic E-state index is 5.27. The van der Waals surface area contributed by atoms with Crippen LogP contribution in [0.1, 0.15) is 0 Å². The summed E-state index contributed by atoms with van der Waals surface area (Å²) in [5.41, 5.74) is 5.26. The second-order valence-electron chi connectivity index (χ2n) is 2.96. The summed E-state index contributed by atoms with van der Waals surface area (Å²) < 4.78 is 20.9. The number of hydrogen-bond acceptors (Lipinski definition) is 6. The van der Waals surface area contributed by atoms with E-state index in [0.717, 1.165) is 5.75 Å². The lowest BCUT2D eigenvalue weighted by Gasteiger charge is -2.06. The zero-order valence-electron chi connectivity index (χ0n) is 9.73. The molecule has 0 fully saturated rings. The molecule has 16 heavy (non-hydrogen) atoms. The Morgan fingerprint density at radius 1 is 0.625 bits per heavy atom. The Balaban J connectivity index is 2.83. The lowest BCUT2D eigenvalue weighted by atomic mass is 10.7. The molecule has 0 aromatic carbocycles. The van der Waals surface area contributed by atoms with Gasteiger partial charge in [0.2, 0.25) is 0 Å². The minimum absolute atomic E-state index is 0.551. The molecule has 98 valence electrons. The van der Waals surface area contributed by atoms with Gasteiger partial charge in [-0.05, 0) is 0 Å². The predicted molar refractivity (Wildman–Crippen MR) is 66.2 cm³/mol. The minimum Gasteiger partial charge on any atom is -0.378 e. The van der Waals surface area contributed by atoms with Crippen molar-refractivity contribution in [2.45, 2.75) is 0 Å². The highest BCUT2D eigenvalue weighted by Gasteiger charge is 1.91. The molecular weight excluding hydrogens is 230 g/mol. The van der Waals surface area contributed by atoms with Crippen LogP contribution in [0.25, 0.3) is 0 Å². The van der Waals surface area contributed by atoms with Crippen molar-refractivity contribution in [1.29, 1.82) is 0 Å². The van der Waals surface area contributed by atoms with Gasteiger partial charge in [-0.15, -0.1) is 0 Å². The standard InChI is InChI=1S/C10H23NO4S/c11-1-2-12-3-4-13-5-6-14-7-8-15-9-10-16/h16H,1-11H2. The van der Waals surface area contributed by atoms with Gasteiger partial charge in [-0.25, -0.2) is 0 Å². The average Bonchev–Trinajstić information content (AvgIpc) is 2.31. The third-order valence-electron chi connectivity index (χ3n) is 1.61. The van der Waals surface area contributed by atoms with Gasteiger partial charge in [0.05, 0.1) is 52.9 Å². The Kier molecular flexibility index (Phi) is 15.3. The normalized spacial score (nSPS) is 10.9. The molecule has 0 bridgehead atoms. The second kappa shape index (κ2) is 15.1. The van der Waals surface area contributed by atoms with Crippen LogP contribution < -0.4 is 5.73 Å². The van der Waals surface area contributed by atoms with Crippen LogP contribution in [-0.4, -0.2) is 65.2 Å². The first-order valence-corrected chi connectivity index (χ1v) is 6.17. The van der Waals surface area contributed by atoms with Gasteiger partial charge in [-0.3, -0.25) is 0 Å². The molecular formula is C10H23NO4S. The molecule has 6 heteroatoms. The fourth-order valence-electron chi connectivity index (χ4n) is 0.910. The smallest absolute Gasteiger partial charge is 0.0701 e. The van der Waals surface area contributed by atoms with Crippen LogP contribution in [0.4, 0.5) is 0 Å². The highest BCUT2D eigenvalue weighted by Crippen LogP contribution is 1.83. The molecule has 0 spiro atoms. The quantitative estimate of drug-likeness (QED) is 0.356. The molecule has 0 aliphatic carbocycles. The third-order valence-corrected chi connectivity index (χ3v) is 1.80. The maximum Gasteiger partial charge on any atom is 0.0701 e. The summed E-state index contributed by atoms with van der Waals surface area (Å²) in [6.07, 6.45) is 0. The molecule has 0 radical (unpaired) electrons. The van der Waals surface area contributed by atoms with Crippen LogP contribution in [0.2, 0.25) is 0 Å². The van der Waals surface area contributed by atoms with Gasteiger partial charge in [0.1, 0.15) is 0 Å². The molecule has 0 aromatic heterocycles. The van der Waals surface area contributed by atoms with Gasteiger partial charge in [0, 0.05) is 12.3 Å². The monoisotopic (exact) mass is 253 g/mol. The highest BCUT2D eigenvalue weighted by molar-refractivity contribution is 7.80. The molecule has 5 nitrogen and oxygen atoms in total. The fourth-order valence-corrected chi connectivity index (χ4v) is 1.04. The van der Waals surface area contributed by atoms with Gasteiger partial charge in [-0.2, -0.15) is 12.6 Å². The summed E-state index contributed by atoms with van der Waals surface area (Å²) >= 11 is 4.02. The topological polar surface area (TPSA) is 62.9 Å². The predicted octanol–water partition coefficient (Wildman–Crippen LogP) is -0.0587. The first-order valence-electron chi connectivity index (χ1n) is 5.53. The second-order valence-corrected chi connectivity index (χ2v) is 3.41. The number of hydrogen-bond donors (Lipinski definition) is 2. The molecule has 0 atom stereocenters. The molecule has 0 aliphatic rings. The van der Waals surface area contributed by atoms with E-state index in [1.807, 2.05) is 0 Å². The van der Waals surface area contributed by atoms with E-state index in [0.29, 0.717) is 59.4 Å². The van der Waals surface area contributed by atoms with E-state index in [4.69, 9.17) is 24.7 Å². The van der Waals surface area contributed by atoms with E-state index in [1.54, 1.807) is 0 Å². The van der Waals surface area contributed by atoms with Gasteiger partial charge in [0.25, 0.3) is 0 Å². The van der Waals surface area contributed by atoms with Gasteiger partial charge in [-0.1, -0.05) is 0 Å². The van der Waals surface area contributed by atoms with E-state index < -0.39 is 0 Å². The van der Waals surface area contributed by atoms with Crippen molar-refractivity contribution in [2.75, 3.05) is 65.2 Å². The summed E-state index contributed by atoms with van der Waals surface area (Å²) in [5.74, 6) is 0.742. The van der Waals surface area contributed by atoms with Crippen molar-refractivity contribution in [1.82, 2.24) is 0 Å². The molecule has 0 aromatic rings. The van der Waals surface area contributed by atoms with Crippen molar-refractivity contribution < 1.29 is 18.9 Å². The molecule has 0 saturated heterocycles. The number of nitrogens with two attached hydrogens (primary N) is 1. The van der Waals surface area contributed by atoms with E-state index >= 15 is 0 Å². The number of thiol groups is 1. The molecule has 0 heterocycles. The lowest BCUT2D eigenvalue weighted by molar-refractivity contribution is 0.000658. The van der Waals surface area contributed by atoms with Crippen molar-refractivity contribution in [2.24, 2.45) is 5.73 Å². The Labute approximate surface area is 103 Å². The van der Waals surface area contributed by atoms with Crippen LogP contribution in [0, 0.1) is 0 Å². The zero-order chi connectivity index (χ0) is 11.9. The van der Waals surface area contributed by atoms with Crippen LogP contribution in [-0.2, 0) is 18.9 Å². The van der Waals surface area contributed by atoms with Crippen LogP contribution in [0.15, 0.2) is 0 Å². The first-order chi connectivity index (χ1) is 7.91. The summed E-state index contributed by atoms with van der Waals surface area (Å²) in [6, 6.07) is 0. The summed E-state index contributed by atoms with van der Waals surface area (Å²) in [5, 5.41) is 0. The summed E-state index contributed by atoms with van der Waals surface area (Å²) in [6.45, 7) is 5.35. The average molecular weight is 253 g/mol. The first kappa shape index (κ1) is 16.1. The summed E-state index contributed by atoms with van der Waals surface area (Å²) in [4.78, 5) is 0. The van der Waals surface area contributed by atoms with Gasteiger partial charge in [0.15, 0.2) is 0 Å². The Morgan fingerprint density at radius 2 is 1.00 bits per heavy atom. The molecule has 0 rings (SSSR count). The Hall–Kier alpha value is 0.150. The van der Waals surface area contributed by atoms with E-state index in [9.17, 15) is 0 Å². The maximum absolute atomic E-state index is 5.27. The van der Waals surface area contributed by atoms with E-state index in [-0.39, 0.29) is 0 Å².